The minimum absolute atomic E-state index is 0.493. The molecule has 0 amide bonds. The summed E-state index contributed by atoms with van der Waals surface area (Å²) in [6, 6.07) is 5.43. The van der Waals surface area contributed by atoms with Crippen LogP contribution in [0.5, 0.6) is 10.9 Å². The molecule has 1 N–H and O–H groups in total. The highest BCUT2D eigenvalue weighted by Gasteiger charge is 2.08. The second kappa shape index (κ2) is 6.47. The molecule has 1 aromatic heterocycles. The summed E-state index contributed by atoms with van der Waals surface area (Å²) in [5.41, 5.74) is 0. The van der Waals surface area contributed by atoms with E-state index in [0.29, 0.717) is 22.5 Å². The largest absolute Gasteiger partial charge is 0.428 e. The lowest BCUT2D eigenvalue weighted by Gasteiger charge is -2.03. The standard InChI is InChI=1S/C11H11BrClN3OS/c1-2-14-6-10-15-16-11(18-10)17-9-4-3-7(12)5-8(9)13/h3-5,14H,2,6H2,1H3. The molecule has 0 saturated heterocycles. The molecule has 1 heterocycles. The molecule has 0 atom stereocenters. The average molecular weight is 349 g/mol. The van der Waals surface area contributed by atoms with E-state index in [-0.39, 0.29) is 0 Å². The lowest BCUT2D eigenvalue weighted by molar-refractivity contribution is 0.473. The third-order valence-electron chi connectivity index (χ3n) is 2.07. The zero-order valence-corrected chi connectivity index (χ0v) is 12.8. The van der Waals surface area contributed by atoms with Crippen LogP contribution in [0.15, 0.2) is 22.7 Å². The molecule has 4 nitrogen and oxygen atoms in total. The normalized spacial score (nSPS) is 10.6. The summed E-state index contributed by atoms with van der Waals surface area (Å²) < 4.78 is 6.50. The first-order chi connectivity index (χ1) is 8.69. The van der Waals surface area contributed by atoms with Gasteiger partial charge in [-0.05, 0) is 24.7 Å². The minimum Gasteiger partial charge on any atom is -0.428 e. The van der Waals surface area contributed by atoms with Crippen LogP contribution in [0.3, 0.4) is 0 Å². The number of halogens is 2. The summed E-state index contributed by atoms with van der Waals surface area (Å²) >= 11 is 10.8. The highest BCUT2D eigenvalue weighted by atomic mass is 79.9. The molecule has 0 fully saturated rings. The Kier molecular flexibility index (Phi) is 4.94. The van der Waals surface area contributed by atoms with E-state index in [1.54, 1.807) is 12.1 Å². The Morgan fingerprint density at radius 3 is 3.00 bits per heavy atom. The maximum Gasteiger partial charge on any atom is 0.299 e. The smallest absolute Gasteiger partial charge is 0.299 e. The van der Waals surface area contributed by atoms with E-state index in [4.69, 9.17) is 16.3 Å². The molecule has 0 saturated carbocycles. The zero-order chi connectivity index (χ0) is 13.0. The lowest BCUT2D eigenvalue weighted by Crippen LogP contribution is -2.11. The number of hydrogen-bond donors (Lipinski definition) is 1. The monoisotopic (exact) mass is 347 g/mol. The summed E-state index contributed by atoms with van der Waals surface area (Å²) in [7, 11) is 0. The van der Waals surface area contributed by atoms with Gasteiger partial charge in [0.25, 0.3) is 5.19 Å². The van der Waals surface area contributed by atoms with Crippen molar-refractivity contribution in [2.75, 3.05) is 6.54 Å². The van der Waals surface area contributed by atoms with Gasteiger partial charge in [-0.3, -0.25) is 0 Å². The van der Waals surface area contributed by atoms with Crippen LogP contribution in [0.25, 0.3) is 0 Å². The van der Waals surface area contributed by atoms with Crippen LogP contribution >= 0.6 is 38.9 Å². The molecule has 1 aromatic carbocycles. The number of ether oxygens (including phenoxy) is 1. The van der Waals surface area contributed by atoms with Crippen molar-refractivity contribution >= 4 is 38.9 Å². The molecule has 2 aromatic rings. The SMILES string of the molecule is CCNCc1nnc(Oc2ccc(Br)cc2Cl)s1. The van der Waals surface area contributed by atoms with Crippen LogP contribution in [-0.2, 0) is 6.54 Å². The average Bonchev–Trinajstić information content (AvgIpc) is 2.78. The van der Waals surface area contributed by atoms with Crippen molar-refractivity contribution in [2.24, 2.45) is 0 Å². The van der Waals surface area contributed by atoms with E-state index < -0.39 is 0 Å². The Labute approximate surface area is 122 Å². The van der Waals surface area contributed by atoms with Crippen molar-refractivity contribution in [3.63, 3.8) is 0 Å². The predicted molar refractivity (Wildman–Crippen MR) is 76.5 cm³/mol. The first-order valence-corrected chi connectivity index (χ1v) is 7.33. The van der Waals surface area contributed by atoms with E-state index in [1.807, 2.05) is 13.0 Å². The Balaban J connectivity index is 2.06. The van der Waals surface area contributed by atoms with Gasteiger partial charge in [-0.1, -0.05) is 50.9 Å². The maximum absolute atomic E-state index is 6.06. The number of benzene rings is 1. The molecular weight excluding hydrogens is 338 g/mol. The van der Waals surface area contributed by atoms with Crippen molar-refractivity contribution in [1.29, 1.82) is 0 Å². The number of hydrogen-bond acceptors (Lipinski definition) is 5. The summed E-state index contributed by atoms with van der Waals surface area (Å²) in [4.78, 5) is 0. The lowest BCUT2D eigenvalue weighted by atomic mass is 10.3. The van der Waals surface area contributed by atoms with Crippen molar-refractivity contribution in [3.8, 4) is 10.9 Å². The fourth-order valence-corrected chi connectivity index (χ4v) is 2.62. The van der Waals surface area contributed by atoms with Gasteiger partial charge < -0.3 is 10.1 Å². The quantitative estimate of drug-likeness (QED) is 0.891. The van der Waals surface area contributed by atoms with Gasteiger partial charge in [-0.2, -0.15) is 0 Å². The predicted octanol–water partition coefficient (Wildman–Crippen LogP) is 3.86. The summed E-state index contributed by atoms with van der Waals surface area (Å²) in [5, 5.41) is 13.1. The molecule has 0 bridgehead atoms. The Morgan fingerprint density at radius 1 is 1.44 bits per heavy atom. The maximum atomic E-state index is 6.06. The van der Waals surface area contributed by atoms with Crippen molar-refractivity contribution in [3.05, 3.63) is 32.7 Å². The van der Waals surface area contributed by atoms with Crippen molar-refractivity contribution < 1.29 is 4.74 Å². The van der Waals surface area contributed by atoms with E-state index >= 15 is 0 Å². The Morgan fingerprint density at radius 2 is 2.28 bits per heavy atom. The van der Waals surface area contributed by atoms with Crippen LogP contribution in [0.4, 0.5) is 0 Å². The molecule has 96 valence electrons. The molecule has 0 aliphatic carbocycles. The van der Waals surface area contributed by atoms with Gasteiger partial charge in [0.1, 0.15) is 10.8 Å². The van der Waals surface area contributed by atoms with Crippen LogP contribution in [0.2, 0.25) is 5.02 Å². The number of aromatic nitrogens is 2. The summed E-state index contributed by atoms with van der Waals surface area (Å²) in [6.45, 7) is 3.64. The van der Waals surface area contributed by atoms with E-state index in [1.165, 1.54) is 11.3 Å². The van der Waals surface area contributed by atoms with Gasteiger partial charge in [-0.15, -0.1) is 5.10 Å². The number of nitrogens with one attached hydrogen (secondary N) is 1. The first kappa shape index (κ1) is 13.7. The van der Waals surface area contributed by atoms with Crippen LogP contribution in [0, 0.1) is 0 Å². The second-order valence-corrected chi connectivity index (χ2v) is 5.77. The second-order valence-electron chi connectivity index (χ2n) is 3.42. The molecule has 0 aliphatic heterocycles. The van der Waals surface area contributed by atoms with Gasteiger partial charge in [0.05, 0.1) is 5.02 Å². The highest BCUT2D eigenvalue weighted by Crippen LogP contribution is 2.32. The van der Waals surface area contributed by atoms with E-state index in [2.05, 4.69) is 31.4 Å². The first-order valence-electron chi connectivity index (χ1n) is 5.35. The summed E-state index contributed by atoms with van der Waals surface area (Å²) in [6.07, 6.45) is 0. The Hall–Kier alpha value is -0.690. The molecule has 0 unspecified atom stereocenters. The van der Waals surface area contributed by atoms with Crippen LogP contribution in [-0.4, -0.2) is 16.7 Å². The minimum atomic E-state index is 0.493. The molecule has 7 heteroatoms. The fourth-order valence-electron chi connectivity index (χ4n) is 1.23. The van der Waals surface area contributed by atoms with Gasteiger partial charge in [0.15, 0.2) is 0 Å². The van der Waals surface area contributed by atoms with Gasteiger partial charge in [0.2, 0.25) is 0 Å². The number of rotatable bonds is 5. The van der Waals surface area contributed by atoms with Gasteiger partial charge in [-0.25, -0.2) is 0 Å². The molecule has 0 spiro atoms. The fraction of sp³-hybridized carbons (Fsp3) is 0.273. The summed E-state index contributed by atoms with van der Waals surface area (Å²) in [5.74, 6) is 0.575. The molecule has 0 radical (unpaired) electrons. The van der Waals surface area contributed by atoms with Gasteiger partial charge >= 0.3 is 0 Å². The third kappa shape index (κ3) is 3.65. The molecule has 0 aliphatic rings. The number of nitrogens with zero attached hydrogens (tertiary/aromatic N) is 2. The van der Waals surface area contributed by atoms with E-state index in [0.717, 1.165) is 16.0 Å². The van der Waals surface area contributed by atoms with Crippen LogP contribution < -0.4 is 10.1 Å². The van der Waals surface area contributed by atoms with Crippen LogP contribution in [0.1, 0.15) is 11.9 Å². The van der Waals surface area contributed by atoms with Crippen molar-refractivity contribution in [2.45, 2.75) is 13.5 Å². The third-order valence-corrected chi connectivity index (χ3v) is 3.66. The highest BCUT2D eigenvalue weighted by molar-refractivity contribution is 9.10. The molecule has 18 heavy (non-hydrogen) atoms. The molecule has 2 rings (SSSR count). The molecular formula is C11H11BrClN3OS. The van der Waals surface area contributed by atoms with Gasteiger partial charge in [0, 0.05) is 11.0 Å². The zero-order valence-electron chi connectivity index (χ0n) is 9.61. The van der Waals surface area contributed by atoms with Crippen molar-refractivity contribution in [1.82, 2.24) is 15.5 Å². The van der Waals surface area contributed by atoms with E-state index in [9.17, 15) is 0 Å². The Bertz CT molecular complexity index is 535. The topological polar surface area (TPSA) is 47.0 Å².